The van der Waals surface area contributed by atoms with Crippen LogP contribution in [0.4, 0.5) is 0 Å². The molecule has 39 heavy (non-hydrogen) atoms. The molecule has 2 aliphatic heterocycles. The van der Waals surface area contributed by atoms with Crippen LogP contribution in [-0.2, 0) is 9.47 Å². The Balaban J connectivity index is 1.45. The molecule has 11 heteroatoms. The van der Waals surface area contributed by atoms with Gasteiger partial charge >= 0.3 is 11.9 Å². The SMILES string of the molecule is COc1cc(C(=O)OCC2=CCN3CCC(OC(=O)c4cc(OC)c(OC)c(OC)c4)C23)cc(OC)c1OC. The highest BCUT2D eigenvalue weighted by Crippen LogP contribution is 2.40. The Kier molecular flexibility index (Phi) is 8.70. The molecule has 2 aromatic rings. The van der Waals surface area contributed by atoms with E-state index in [-0.39, 0.29) is 23.8 Å². The molecule has 11 nitrogen and oxygen atoms in total. The molecule has 0 N–H and O–H groups in total. The van der Waals surface area contributed by atoms with Crippen LogP contribution in [0, 0.1) is 0 Å². The van der Waals surface area contributed by atoms with Gasteiger partial charge in [0.1, 0.15) is 12.7 Å². The lowest BCUT2D eigenvalue weighted by Gasteiger charge is -2.24. The Labute approximate surface area is 227 Å². The maximum absolute atomic E-state index is 13.1. The average molecular weight is 544 g/mol. The number of methoxy groups -OCH3 is 6. The molecule has 2 aromatic carbocycles. The van der Waals surface area contributed by atoms with Gasteiger partial charge in [-0.3, -0.25) is 4.90 Å². The molecule has 1 fully saturated rings. The molecule has 4 rings (SSSR count). The van der Waals surface area contributed by atoms with Crippen molar-refractivity contribution in [2.24, 2.45) is 0 Å². The summed E-state index contributed by atoms with van der Waals surface area (Å²) in [5.74, 6) is 1.13. The van der Waals surface area contributed by atoms with E-state index in [2.05, 4.69) is 4.90 Å². The summed E-state index contributed by atoms with van der Waals surface area (Å²) in [7, 11) is 8.90. The standard InChI is InChI=1S/C28H33NO10/c1-32-20-11-17(12-21(33-2)25(20)36-5)27(30)38-15-16-7-9-29-10-8-19(24(16)29)39-28(31)18-13-22(34-3)26(37-6)23(14-18)35-4/h7,11-14,19,24H,8-10,15H2,1-6H3. The summed E-state index contributed by atoms with van der Waals surface area (Å²) in [5.41, 5.74) is 1.41. The van der Waals surface area contributed by atoms with E-state index < -0.39 is 18.0 Å². The first-order chi connectivity index (χ1) is 18.9. The summed E-state index contributed by atoms with van der Waals surface area (Å²) < 4.78 is 43.6. The number of benzene rings is 2. The van der Waals surface area contributed by atoms with Crippen LogP contribution in [0.1, 0.15) is 27.1 Å². The molecular weight excluding hydrogens is 510 g/mol. The Morgan fingerprint density at radius 3 is 1.69 bits per heavy atom. The average Bonchev–Trinajstić information content (AvgIpc) is 3.56. The molecule has 0 spiro atoms. The van der Waals surface area contributed by atoms with Crippen molar-refractivity contribution in [1.82, 2.24) is 4.90 Å². The van der Waals surface area contributed by atoms with Crippen LogP contribution < -0.4 is 28.4 Å². The van der Waals surface area contributed by atoms with Crippen LogP contribution in [0.5, 0.6) is 34.5 Å². The number of hydrogen-bond donors (Lipinski definition) is 0. The molecule has 0 saturated carbocycles. The zero-order valence-electron chi connectivity index (χ0n) is 22.9. The van der Waals surface area contributed by atoms with Crippen LogP contribution >= 0.6 is 0 Å². The Morgan fingerprint density at radius 2 is 1.23 bits per heavy atom. The fourth-order valence-corrected chi connectivity index (χ4v) is 4.96. The second-order valence-corrected chi connectivity index (χ2v) is 8.86. The molecule has 0 aliphatic carbocycles. The molecule has 1 saturated heterocycles. The quantitative estimate of drug-likeness (QED) is 0.308. The van der Waals surface area contributed by atoms with Crippen LogP contribution in [0.3, 0.4) is 0 Å². The zero-order valence-corrected chi connectivity index (χ0v) is 22.9. The fraction of sp³-hybridized carbons (Fsp3) is 0.429. The van der Waals surface area contributed by atoms with Gasteiger partial charge in [-0.25, -0.2) is 9.59 Å². The van der Waals surface area contributed by atoms with Crippen LogP contribution in [-0.4, -0.2) is 91.3 Å². The smallest absolute Gasteiger partial charge is 0.338 e. The van der Waals surface area contributed by atoms with Crippen LogP contribution in [0.2, 0.25) is 0 Å². The molecule has 2 atom stereocenters. The lowest BCUT2D eigenvalue weighted by atomic mass is 10.0. The van der Waals surface area contributed by atoms with E-state index in [0.717, 1.165) is 12.1 Å². The first kappa shape index (κ1) is 27.9. The van der Waals surface area contributed by atoms with Gasteiger partial charge in [0.25, 0.3) is 0 Å². The number of hydrogen-bond acceptors (Lipinski definition) is 11. The van der Waals surface area contributed by atoms with Crippen molar-refractivity contribution in [2.45, 2.75) is 18.6 Å². The number of carbonyl (C=O) groups excluding carboxylic acids is 2. The molecule has 0 aromatic heterocycles. The summed E-state index contributed by atoms with van der Waals surface area (Å²) in [6.07, 6.45) is 2.25. The van der Waals surface area contributed by atoms with E-state index in [1.807, 2.05) is 6.08 Å². The normalized spacial score (nSPS) is 18.1. The van der Waals surface area contributed by atoms with E-state index in [1.165, 1.54) is 54.8 Å². The number of ether oxygens (including phenoxy) is 8. The third-order valence-electron chi connectivity index (χ3n) is 6.84. The number of carbonyl (C=O) groups is 2. The van der Waals surface area contributed by atoms with Crippen LogP contribution in [0.15, 0.2) is 35.9 Å². The molecule has 2 heterocycles. The van der Waals surface area contributed by atoms with E-state index in [9.17, 15) is 9.59 Å². The first-order valence-corrected chi connectivity index (χ1v) is 12.3. The maximum Gasteiger partial charge on any atom is 0.338 e. The van der Waals surface area contributed by atoms with Gasteiger partial charge in [0, 0.05) is 13.1 Å². The predicted octanol–water partition coefficient (Wildman–Crippen LogP) is 3.13. The second kappa shape index (κ2) is 12.2. The minimum Gasteiger partial charge on any atom is -0.493 e. The largest absolute Gasteiger partial charge is 0.493 e. The van der Waals surface area contributed by atoms with Crippen molar-refractivity contribution >= 4 is 11.9 Å². The zero-order chi connectivity index (χ0) is 28.1. The van der Waals surface area contributed by atoms with Gasteiger partial charge < -0.3 is 37.9 Å². The van der Waals surface area contributed by atoms with Crippen molar-refractivity contribution in [2.75, 3.05) is 62.4 Å². The van der Waals surface area contributed by atoms with Crippen LogP contribution in [0.25, 0.3) is 0 Å². The summed E-state index contributed by atoms with van der Waals surface area (Å²) in [6, 6.07) is 6.00. The maximum atomic E-state index is 13.1. The minimum absolute atomic E-state index is 0.0505. The molecule has 2 aliphatic rings. The van der Waals surface area contributed by atoms with E-state index in [0.29, 0.717) is 47.5 Å². The van der Waals surface area contributed by atoms with Crippen molar-refractivity contribution in [3.63, 3.8) is 0 Å². The van der Waals surface area contributed by atoms with E-state index in [4.69, 9.17) is 37.9 Å². The molecule has 2 unspecified atom stereocenters. The lowest BCUT2D eigenvalue weighted by Crippen LogP contribution is -2.36. The molecular formula is C28H33NO10. The second-order valence-electron chi connectivity index (χ2n) is 8.86. The molecule has 0 amide bonds. The van der Waals surface area contributed by atoms with Gasteiger partial charge in [-0.2, -0.15) is 0 Å². The monoisotopic (exact) mass is 543 g/mol. The van der Waals surface area contributed by atoms with Gasteiger partial charge in [0.2, 0.25) is 11.5 Å². The van der Waals surface area contributed by atoms with E-state index >= 15 is 0 Å². The number of esters is 2. The van der Waals surface area contributed by atoms with Gasteiger partial charge in [-0.1, -0.05) is 6.08 Å². The van der Waals surface area contributed by atoms with Gasteiger partial charge in [0.15, 0.2) is 23.0 Å². The predicted molar refractivity (Wildman–Crippen MR) is 140 cm³/mol. The van der Waals surface area contributed by atoms with Crippen molar-refractivity contribution in [3.05, 3.63) is 47.0 Å². The first-order valence-electron chi connectivity index (χ1n) is 12.3. The number of fused-ring (bicyclic) bond motifs is 1. The Morgan fingerprint density at radius 1 is 0.744 bits per heavy atom. The summed E-state index contributed by atoms with van der Waals surface area (Å²) in [4.78, 5) is 28.2. The number of rotatable bonds is 11. The highest BCUT2D eigenvalue weighted by molar-refractivity contribution is 5.92. The number of nitrogens with zero attached hydrogens (tertiary/aromatic N) is 1. The summed E-state index contributed by atoms with van der Waals surface area (Å²) in [6.45, 7) is 1.48. The van der Waals surface area contributed by atoms with Crippen molar-refractivity contribution in [3.8, 4) is 34.5 Å². The fourth-order valence-electron chi connectivity index (χ4n) is 4.96. The van der Waals surface area contributed by atoms with Crippen molar-refractivity contribution in [1.29, 1.82) is 0 Å². The highest BCUT2D eigenvalue weighted by Gasteiger charge is 2.42. The molecule has 0 radical (unpaired) electrons. The third-order valence-corrected chi connectivity index (χ3v) is 6.84. The topological polar surface area (TPSA) is 111 Å². The Bertz CT molecular complexity index is 1210. The highest BCUT2D eigenvalue weighted by atomic mass is 16.6. The summed E-state index contributed by atoms with van der Waals surface area (Å²) >= 11 is 0. The molecule has 0 bridgehead atoms. The van der Waals surface area contributed by atoms with E-state index in [1.54, 1.807) is 12.1 Å². The molecule has 210 valence electrons. The Hall–Kier alpha value is -4.12. The van der Waals surface area contributed by atoms with Crippen molar-refractivity contribution < 1.29 is 47.5 Å². The van der Waals surface area contributed by atoms with Gasteiger partial charge in [-0.05, 0) is 36.3 Å². The lowest BCUT2D eigenvalue weighted by molar-refractivity contribution is 0.0239. The minimum atomic E-state index is -0.544. The summed E-state index contributed by atoms with van der Waals surface area (Å²) in [5, 5.41) is 0. The van der Waals surface area contributed by atoms with Gasteiger partial charge in [0.05, 0.1) is 59.8 Å². The van der Waals surface area contributed by atoms with Gasteiger partial charge in [-0.15, -0.1) is 0 Å². The third kappa shape index (κ3) is 5.53.